The molecule has 4 heteroatoms. The van der Waals surface area contributed by atoms with E-state index in [1.807, 2.05) is 6.20 Å². The number of rotatable bonds is 2. The van der Waals surface area contributed by atoms with Gasteiger partial charge in [0, 0.05) is 36.9 Å². The molecular formula is C10H14N2OS. The molecule has 14 heavy (non-hydrogen) atoms. The molecule has 2 heterocycles. The first-order valence-electron chi connectivity index (χ1n) is 4.77. The van der Waals surface area contributed by atoms with Gasteiger partial charge in [0.2, 0.25) is 0 Å². The summed E-state index contributed by atoms with van der Waals surface area (Å²) < 4.78 is 5.29. The molecule has 0 amide bonds. The van der Waals surface area contributed by atoms with Gasteiger partial charge < -0.3 is 4.74 Å². The zero-order chi connectivity index (χ0) is 9.80. The summed E-state index contributed by atoms with van der Waals surface area (Å²) in [6.07, 6.45) is 3.65. The second kappa shape index (κ2) is 4.77. The number of thiol groups is 1. The Kier molecular flexibility index (Phi) is 3.39. The summed E-state index contributed by atoms with van der Waals surface area (Å²) >= 11 is 4.27. The van der Waals surface area contributed by atoms with Crippen LogP contribution in [0, 0.1) is 0 Å². The van der Waals surface area contributed by atoms with E-state index >= 15 is 0 Å². The first-order valence-corrected chi connectivity index (χ1v) is 5.22. The summed E-state index contributed by atoms with van der Waals surface area (Å²) in [5.41, 5.74) is 1.22. The van der Waals surface area contributed by atoms with Crippen LogP contribution < -0.4 is 0 Å². The monoisotopic (exact) mass is 210 g/mol. The standard InChI is InChI=1S/C10H14N2OS/c14-10-5-9(6-11-7-10)8-12-1-3-13-4-2-12/h5-7,14H,1-4,8H2. The minimum atomic E-state index is 0.841. The van der Waals surface area contributed by atoms with Gasteiger partial charge in [-0.25, -0.2) is 0 Å². The molecule has 0 saturated carbocycles. The predicted octanol–water partition coefficient (Wildman–Crippen LogP) is 1.20. The van der Waals surface area contributed by atoms with E-state index in [4.69, 9.17) is 4.74 Å². The van der Waals surface area contributed by atoms with Crippen molar-refractivity contribution in [3.05, 3.63) is 24.0 Å². The average molecular weight is 210 g/mol. The normalized spacial score (nSPS) is 18.4. The van der Waals surface area contributed by atoms with Crippen LogP contribution in [-0.2, 0) is 11.3 Å². The van der Waals surface area contributed by atoms with E-state index in [0.29, 0.717) is 0 Å². The van der Waals surface area contributed by atoms with Crippen LogP contribution in [0.4, 0.5) is 0 Å². The van der Waals surface area contributed by atoms with Crippen molar-refractivity contribution in [2.75, 3.05) is 26.3 Å². The lowest BCUT2D eigenvalue weighted by atomic mass is 10.2. The van der Waals surface area contributed by atoms with Gasteiger partial charge in [-0.3, -0.25) is 9.88 Å². The summed E-state index contributed by atoms with van der Waals surface area (Å²) in [6.45, 7) is 4.65. The Morgan fingerprint density at radius 2 is 2.14 bits per heavy atom. The van der Waals surface area contributed by atoms with Gasteiger partial charge in [-0.1, -0.05) is 0 Å². The van der Waals surface area contributed by atoms with Crippen LogP contribution >= 0.6 is 12.6 Å². The number of nitrogens with zero attached hydrogens (tertiary/aromatic N) is 2. The summed E-state index contributed by atoms with van der Waals surface area (Å²) in [5, 5.41) is 0. The van der Waals surface area contributed by atoms with Crippen molar-refractivity contribution in [3.8, 4) is 0 Å². The van der Waals surface area contributed by atoms with Gasteiger partial charge in [0.15, 0.2) is 0 Å². The third-order valence-electron chi connectivity index (χ3n) is 2.29. The molecule has 0 aliphatic carbocycles. The molecule has 0 bridgehead atoms. The number of aromatic nitrogens is 1. The van der Waals surface area contributed by atoms with Crippen LogP contribution in [0.15, 0.2) is 23.4 Å². The molecule has 1 fully saturated rings. The van der Waals surface area contributed by atoms with Gasteiger partial charge in [-0.15, -0.1) is 12.6 Å². The number of morpholine rings is 1. The largest absolute Gasteiger partial charge is 0.379 e. The highest BCUT2D eigenvalue weighted by molar-refractivity contribution is 7.80. The molecule has 1 aliphatic rings. The van der Waals surface area contributed by atoms with Crippen molar-refractivity contribution in [1.82, 2.24) is 9.88 Å². The van der Waals surface area contributed by atoms with E-state index in [0.717, 1.165) is 37.7 Å². The molecule has 0 unspecified atom stereocenters. The van der Waals surface area contributed by atoms with E-state index in [1.54, 1.807) is 6.20 Å². The second-order valence-corrected chi connectivity index (χ2v) is 3.96. The maximum Gasteiger partial charge on any atom is 0.0594 e. The highest BCUT2D eigenvalue weighted by atomic mass is 32.1. The lowest BCUT2D eigenvalue weighted by molar-refractivity contribution is 0.0341. The first kappa shape index (κ1) is 9.96. The summed E-state index contributed by atoms with van der Waals surface area (Å²) in [6, 6.07) is 2.06. The SMILES string of the molecule is Sc1cncc(CN2CCOCC2)c1. The fourth-order valence-corrected chi connectivity index (χ4v) is 1.81. The Morgan fingerprint density at radius 1 is 1.36 bits per heavy atom. The zero-order valence-electron chi connectivity index (χ0n) is 8.02. The van der Waals surface area contributed by atoms with Crippen molar-refractivity contribution in [2.24, 2.45) is 0 Å². The number of hydrogen-bond donors (Lipinski definition) is 1. The fourth-order valence-electron chi connectivity index (χ4n) is 1.58. The van der Waals surface area contributed by atoms with Gasteiger partial charge in [0.05, 0.1) is 13.2 Å². The molecule has 1 aromatic rings. The Hall–Kier alpha value is -0.580. The first-order chi connectivity index (χ1) is 6.84. The number of ether oxygens (including phenoxy) is 1. The average Bonchev–Trinajstić information content (AvgIpc) is 2.19. The molecule has 0 radical (unpaired) electrons. The fraction of sp³-hybridized carbons (Fsp3) is 0.500. The van der Waals surface area contributed by atoms with Crippen LogP contribution in [0.5, 0.6) is 0 Å². The lowest BCUT2D eigenvalue weighted by Gasteiger charge is -2.26. The van der Waals surface area contributed by atoms with Crippen molar-refractivity contribution in [2.45, 2.75) is 11.4 Å². The molecule has 1 aromatic heterocycles. The highest BCUT2D eigenvalue weighted by Crippen LogP contribution is 2.10. The third-order valence-corrected chi connectivity index (χ3v) is 2.53. The van der Waals surface area contributed by atoms with Crippen LogP contribution in [-0.4, -0.2) is 36.2 Å². The topological polar surface area (TPSA) is 25.4 Å². The van der Waals surface area contributed by atoms with Gasteiger partial charge in [0.1, 0.15) is 0 Å². The molecule has 0 spiro atoms. The van der Waals surface area contributed by atoms with Crippen LogP contribution in [0.3, 0.4) is 0 Å². The maximum absolute atomic E-state index is 5.29. The lowest BCUT2D eigenvalue weighted by Crippen LogP contribution is -2.35. The molecular weight excluding hydrogens is 196 g/mol. The Bertz CT molecular complexity index is 300. The second-order valence-electron chi connectivity index (χ2n) is 3.44. The molecule has 0 aromatic carbocycles. The van der Waals surface area contributed by atoms with E-state index in [9.17, 15) is 0 Å². The van der Waals surface area contributed by atoms with Crippen molar-refractivity contribution in [1.29, 1.82) is 0 Å². The van der Waals surface area contributed by atoms with Crippen molar-refractivity contribution in [3.63, 3.8) is 0 Å². The van der Waals surface area contributed by atoms with E-state index in [2.05, 4.69) is 28.6 Å². The zero-order valence-corrected chi connectivity index (χ0v) is 8.91. The van der Waals surface area contributed by atoms with Crippen molar-refractivity contribution >= 4 is 12.6 Å². The van der Waals surface area contributed by atoms with Gasteiger partial charge in [-0.05, 0) is 11.6 Å². The minimum absolute atomic E-state index is 0.841. The summed E-state index contributed by atoms with van der Waals surface area (Å²) in [5.74, 6) is 0. The van der Waals surface area contributed by atoms with Gasteiger partial charge in [0.25, 0.3) is 0 Å². The Balaban J connectivity index is 1.95. The smallest absolute Gasteiger partial charge is 0.0594 e. The quantitative estimate of drug-likeness (QED) is 0.743. The van der Waals surface area contributed by atoms with Gasteiger partial charge in [-0.2, -0.15) is 0 Å². The van der Waals surface area contributed by atoms with Crippen molar-refractivity contribution < 1.29 is 4.74 Å². The summed E-state index contributed by atoms with van der Waals surface area (Å²) in [7, 11) is 0. The highest BCUT2D eigenvalue weighted by Gasteiger charge is 2.10. The molecule has 3 nitrogen and oxygen atoms in total. The van der Waals surface area contributed by atoms with Crippen LogP contribution in [0.2, 0.25) is 0 Å². The molecule has 0 N–H and O–H groups in total. The molecule has 1 saturated heterocycles. The molecule has 2 rings (SSSR count). The molecule has 76 valence electrons. The van der Waals surface area contributed by atoms with Crippen LogP contribution in [0.1, 0.15) is 5.56 Å². The summed E-state index contributed by atoms with van der Waals surface area (Å²) in [4.78, 5) is 7.41. The molecule has 1 aliphatic heterocycles. The number of hydrogen-bond acceptors (Lipinski definition) is 4. The van der Waals surface area contributed by atoms with Gasteiger partial charge >= 0.3 is 0 Å². The minimum Gasteiger partial charge on any atom is -0.379 e. The van der Waals surface area contributed by atoms with E-state index in [1.165, 1.54) is 5.56 Å². The number of pyridine rings is 1. The van der Waals surface area contributed by atoms with E-state index < -0.39 is 0 Å². The third kappa shape index (κ3) is 2.70. The Labute approximate surface area is 89.5 Å². The molecule has 0 atom stereocenters. The van der Waals surface area contributed by atoms with Crippen LogP contribution in [0.25, 0.3) is 0 Å². The predicted molar refractivity (Wildman–Crippen MR) is 57.6 cm³/mol. The van der Waals surface area contributed by atoms with E-state index in [-0.39, 0.29) is 0 Å². The maximum atomic E-state index is 5.29. The Morgan fingerprint density at radius 3 is 2.86 bits per heavy atom.